The van der Waals surface area contributed by atoms with E-state index in [9.17, 15) is 8.78 Å². The van der Waals surface area contributed by atoms with Crippen LogP contribution in [0.2, 0.25) is 0 Å². The van der Waals surface area contributed by atoms with Crippen LogP contribution in [-0.2, 0) is 6.54 Å². The number of nitrogens with one attached hydrogen (secondary N) is 2. The first-order chi connectivity index (χ1) is 13.0. The van der Waals surface area contributed by atoms with E-state index in [4.69, 9.17) is 0 Å². The molecule has 1 saturated heterocycles. The van der Waals surface area contributed by atoms with E-state index in [0.29, 0.717) is 25.6 Å². The summed E-state index contributed by atoms with van der Waals surface area (Å²) in [5.41, 5.74) is 1.07. The van der Waals surface area contributed by atoms with Crippen LogP contribution in [0.25, 0.3) is 0 Å². The summed E-state index contributed by atoms with van der Waals surface area (Å²) < 4.78 is 28.0. The molecule has 0 radical (unpaired) electrons. The molecule has 5 nitrogen and oxygen atoms in total. The number of hydrogen-bond acceptors (Lipinski definition) is 4. The molecule has 27 heavy (non-hydrogen) atoms. The summed E-state index contributed by atoms with van der Waals surface area (Å²) in [5.74, 6) is -0.330. The SMILES string of the molecule is CCNC(=NCc1sc(C)nc1C)NC1CCN(c2c(F)cccc2F)C1. The number of benzene rings is 1. The molecule has 2 N–H and O–H groups in total. The summed E-state index contributed by atoms with van der Waals surface area (Å²) in [7, 11) is 0. The van der Waals surface area contributed by atoms with E-state index in [1.54, 1.807) is 16.2 Å². The van der Waals surface area contributed by atoms with Crippen molar-refractivity contribution in [2.75, 3.05) is 24.5 Å². The number of halogens is 2. The van der Waals surface area contributed by atoms with Gasteiger partial charge in [0.05, 0.1) is 17.2 Å². The van der Waals surface area contributed by atoms with E-state index >= 15 is 0 Å². The van der Waals surface area contributed by atoms with Crippen molar-refractivity contribution in [3.63, 3.8) is 0 Å². The zero-order valence-electron chi connectivity index (χ0n) is 15.9. The third-order valence-electron chi connectivity index (χ3n) is 4.51. The monoisotopic (exact) mass is 393 g/mol. The molecule has 8 heteroatoms. The lowest BCUT2D eigenvalue weighted by atomic mass is 10.2. The normalized spacial score (nSPS) is 17.4. The van der Waals surface area contributed by atoms with E-state index in [2.05, 4.69) is 20.6 Å². The van der Waals surface area contributed by atoms with Crippen LogP contribution in [0.1, 0.15) is 28.9 Å². The highest BCUT2D eigenvalue weighted by Crippen LogP contribution is 2.26. The summed E-state index contributed by atoms with van der Waals surface area (Å²) in [5, 5.41) is 7.66. The molecule has 0 bridgehead atoms. The van der Waals surface area contributed by atoms with Crippen molar-refractivity contribution in [1.82, 2.24) is 15.6 Å². The van der Waals surface area contributed by atoms with Crippen LogP contribution in [0.3, 0.4) is 0 Å². The summed E-state index contributed by atoms with van der Waals surface area (Å²) in [4.78, 5) is 12.0. The molecule has 1 atom stereocenters. The van der Waals surface area contributed by atoms with Crippen LogP contribution in [0.15, 0.2) is 23.2 Å². The van der Waals surface area contributed by atoms with Gasteiger partial charge in [-0.1, -0.05) is 6.07 Å². The zero-order chi connectivity index (χ0) is 19.4. The highest BCUT2D eigenvalue weighted by Gasteiger charge is 2.27. The number of hydrogen-bond donors (Lipinski definition) is 2. The molecule has 3 rings (SSSR count). The Bertz CT molecular complexity index is 800. The zero-order valence-corrected chi connectivity index (χ0v) is 16.7. The Hall–Kier alpha value is -2.22. The topological polar surface area (TPSA) is 52.6 Å². The van der Waals surface area contributed by atoms with Crippen molar-refractivity contribution in [3.05, 3.63) is 45.4 Å². The fourth-order valence-corrected chi connectivity index (χ4v) is 4.12. The predicted molar refractivity (Wildman–Crippen MR) is 107 cm³/mol. The van der Waals surface area contributed by atoms with Crippen LogP contribution >= 0.6 is 11.3 Å². The highest BCUT2D eigenvalue weighted by molar-refractivity contribution is 7.11. The Labute approximate surface area is 162 Å². The maximum absolute atomic E-state index is 14.0. The largest absolute Gasteiger partial charge is 0.365 e. The van der Waals surface area contributed by atoms with Crippen molar-refractivity contribution in [2.24, 2.45) is 4.99 Å². The summed E-state index contributed by atoms with van der Waals surface area (Å²) in [6, 6.07) is 4.05. The quantitative estimate of drug-likeness (QED) is 0.604. The van der Waals surface area contributed by atoms with Gasteiger partial charge in [0, 0.05) is 30.6 Å². The maximum Gasteiger partial charge on any atom is 0.191 e. The van der Waals surface area contributed by atoms with Gasteiger partial charge in [-0.15, -0.1) is 11.3 Å². The second-order valence-electron chi connectivity index (χ2n) is 6.58. The first kappa shape index (κ1) is 19.5. The summed E-state index contributed by atoms with van der Waals surface area (Å²) in [6.45, 7) is 8.42. The number of para-hydroxylation sites is 1. The molecule has 1 fully saturated rings. The van der Waals surface area contributed by atoms with Gasteiger partial charge in [-0.05, 0) is 39.3 Å². The number of guanidine groups is 1. The second-order valence-corrected chi connectivity index (χ2v) is 7.87. The second kappa shape index (κ2) is 8.65. The Morgan fingerprint density at radius 2 is 2.07 bits per heavy atom. The fraction of sp³-hybridized carbons (Fsp3) is 0.474. The molecule has 1 aromatic heterocycles. The van der Waals surface area contributed by atoms with Gasteiger partial charge in [0.1, 0.15) is 17.3 Å². The van der Waals surface area contributed by atoms with E-state index in [1.165, 1.54) is 18.2 Å². The minimum absolute atomic E-state index is 0.0551. The number of anilines is 1. The van der Waals surface area contributed by atoms with Crippen LogP contribution in [0.4, 0.5) is 14.5 Å². The summed E-state index contributed by atoms with van der Waals surface area (Å²) >= 11 is 1.65. The molecule has 0 spiro atoms. The Morgan fingerprint density at radius 1 is 1.33 bits per heavy atom. The molecule has 1 aromatic carbocycles. The number of aliphatic imine (C=N–C) groups is 1. The Morgan fingerprint density at radius 3 is 2.70 bits per heavy atom. The molecule has 1 aliphatic heterocycles. The minimum atomic E-state index is -0.521. The Kier molecular flexibility index (Phi) is 6.26. The molecule has 2 heterocycles. The average molecular weight is 394 g/mol. The number of thiazole rings is 1. The fourth-order valence-electron chi connectivity index (χ4n) is 3.26. The lowest BCUT2D eigenvalue weighted by molar-refractivity contribution is 0.576. The number of nitrogens with zero attached hydrogens (tertiary/aromatic N) is 3. The van der Waals surface area contributed by atoms with Crippen LogP contribution in [-0.4, -0.2) is 36.6 Å². The van der Waals surface area contributed by atoms with Gasteiger partial charge in [0.25, 0.3) is 0 Å². The predicted octanol–water partition coefficient (Wildman–Crippen LogP) is 3.37. The van der Waals surface area contributed by atoms with Gasteiger partial charge in [-0.25, -0.2) is 18.8 Å². The number of aromatic nitrogens is 1. The van der Waals surface area contributed by atoms with Gasteiger partial charge in [0.2, 0.25) is 0 Å². The smallest absolute Gasteiger partial charge is 0.191 e. The highest BCUT2D eigenvalue weighted by atomic mass is 32.1. The van der Waals surface area contributed by atoms with Crippen molar-refractivity contribution in [1.29, 1.82) is 0 Å². The maximum atomic E-state index is 14.0. The van der Waals surface area contributed by atoms with Gasteiger partial charge in [0.15, 0.2) is 5.96 Å². The molecular weight excluding hydrogens is 368 g/mol. The van der Waals surface area contributed by atoms with E-state index in [0.717, 1.165) is 28.5 Å². The van der Waals surface area contributed by atoms with Crippen LogP contribution < -0.4 is 15.5 Å². The van der Waals surface area contributed by atoms with Crippen molar-refractivity contribution in [3.8, 4) is 0 Å². The molecule has 0 amide bonds. The van der Waals surface area contributed by atoms with Crippen LogP contribution in [0.5, 0.6) is 0 Å². The lowest BCUT2D eigenvalue weighted by Gasteiger charge is -2.21. The molecule has 0 saturated carbocycles. The van der Waals surface area contributed by atoms with Crippen molar-refractivity contribution in [2.45, 2.75) is 39.8 Å². The average Bonchev–Trinajstić information content (AvgIpc) is 3.19. The minimum Gasteiger partial charge on any atom is -0.365 e. The first-order valence-corrected chi connectivity index (χ1v) is 9.96. The van der Waals surface area contributed by atoms with Crippen LogP contribution in [0, 0.1) is 25.5 Å². The molecule has 1 aliphatic rings. The summed E-state index contributed by atoms with van der Waals surface area (Å²) in [6.07, 6.45) is 0.789. The van der Waals surface area contributed by atoms with Gasteiger partial charge >= 0.3 is 0 Å². The molecular formula is C19H25F2N5S. The van der Waals surface area contributed by atoms with E-state index in [1.807, 2.05) is 20.8 Å². The van der Waals surface area contributed by atoms with Crippen molar-refractivity contribution < 1.29 is 8.78 Å². The number of aryl methyl sites for hydroxylation is 2. The molecule has 2 aromatic rings. The molecule has 0 aliphatic carbocycles. The third kappa shape index (κ3) is 4.74. The molecule has 146 valence electrons. The Balaban J connectivity index is 1.65. The lowest BCUT2D eigenvalue weighted by Crippen LogP contribution is -2.44. The van der Waals surface area contributed by atoms with Gasteiger partial charge < -0.3 is 15.5 Å². The molecule has 1 unspecified atom stereocenters. The van der Waals surface area contributed by atoms with E-state index < -0.39 is 11.6 Å². The van der Waals surface area contributed by atoms with E-state index in [-0.39, 0.29) is 11.7 Å². The number of rotatable bonds is 5. The third-order valence-corrected chi connectivity index (χ3v) is 5.57. The van der Waals surface area contributed by atoms with Gasteiger partial charge in [-0.2, -0.15) is 0 Å². The van der Waals surface area contributed by atoms with Gasteiger partial charge in [-0.3, -0.25) is 0 Å². The van der Waals surface area contributed by atoms with Crippen molar-refractivity contribution >= 4 is 23.0 Å². The first-order valence-electron chi connectivity index (χ1n) is 9.14. The standard InChI is InChI=1S/C19H25F2N5S/c1-4-22-19(23-10-17-12(2)24-13(3)27-17)25-14-8-9-26(11-14)18-15(20)6-5-7-16(18)21/h5-7,14H,4,8-11H2,1-3H3,(H2,22,23,25).